The number of hydrogen-bond donors (Lipinski definition) is 1. The zero-order chi connectivity index (χ0) is 19.0. The van der Waals surface area contributed by atoms with Crippen molar-refractivity contribution in [2.45, 2.75) is 0 Å². The van der Waals surface area contributed by atoms with Crippen LogP contribution in [0.15, 0.2) is 59.7 Å². The first-order valence-corrected chi connectivity index (χ1v) is 8.14. The fourth-order valence-corrected chi connectivity index (χ4v) is 3.06. The summed E-state index contributed by atoms with van der Waals surface area (Å²) in [5, 5.41) is 10.8. The molecule has 4 nitrogen and oxygen atoms in total. The molecule has 0 aliphatic carbocycles. The van der Waals surface area contributed by atoms with Gasteiger partial charge in [-0.1, -0.05) is 12.1 Å². The van der Waals surface area contributed by atoms with Gasteiger partial charge < -0.3 is 9.84 Å². The predicted octanol–water partition coefficient (Wildman–Crippen LogP) is 5.18. The van der Waals surface area contributed by atoms with Crippen molar-refractivity contribution in [1.29, 1.82) is 0 Å². The van der Waals surface area contributed by atoms with Crippen LogP contribution in [0.2, 0.25) is 0 Å². The molecule has 0 saturated carbocycles. The molecule has 1 aromatic heterocycles. The van der Waals surface area contributed by atoms with E-state index in [-0.39, 0.29) is 5.76 Å². The summed E-state index contributed by atoms with van der Waals surface area (Å²) in [4.78, 5) is 8.42. The maximum atomic E-state index is 13.7. The van der Waals surface area contributed by atoms with Gasteiger partial charge in [0, 0.05) is 35.2 Å². The lowest BCUT2D eigenvalue weighted by Crippen LogP contribution is -1.95. The average molecular weight is 364 g/mol. The quantitative estimate of drug-likeness (QED) is 0.652. The second-order valence-electron chi connectivity index (χ2n) is 5.97. The number of hydrogen-bond acceptors (Lipinski definition) is 4. The Morgan fingerprint density at radius 1 is 1.04 bits per heavy atom. The standard InChI is InChI=1S/C21H14F2N2O2/c1-27-16-4-2-3-12(9-16)20(26)18-11-25-21-19(18)17(5-6-24-21)13-7-14(22)10-15(23)8-13/h2-11,26H,1H3/b20-18-. The van der Waals surface area contributed by atoms with Gasteiger partial charge in [-0.3, -0.25) is 0 Å². The molecule has 2 heterocycles. The summed E-state index contributed by atoms with van der Waals surface area (Å²) in [5.41, 5.74) is 2.34. The van der Waals surface area contributed by atoms with Gasteiger partial charge in [0.2, 0.25) is 0 Å². The molecule has 0 bridgehead atoms. The van der Waals surface area contributed by atoms with E-state index in [1.54, 1.807) is 30.3 Å². The molecule has 0 fully saturated rings. The van der Waals surface area contributed by atoms with Crippen molar-refractivity contribution in [3.05, 3.63) is 77.5 Å². The third-order valence-electron chi connectivity index (χ3n) is 4.29. The first kappa shape index (κ1) is 16.9. The molecule has 0 unspecified atom stereocenters. The van der Waals surface area contributed by atoms with Crippen molar-refractivity contribution >= 4 is 23.4 Å². The summed E-state index contributed by atoms with van der Waals surface area (Å²) in [6.07, 6.45) is 3.01. The molecule has 2 aromatic carbocycles. The Balaban J connectivity index is 1.91. The molecule has 4 rings (SSSR count). The number of aliphatic hydroxyl groups is 1. The number of aromatic nitrogens is 1. The SMILES string of the molecule is COc1cccc(/C(O)=C2\C=Nc3nccc(-c4cc(F)cc(F)c4)c32)c1. The lowest BCUT2D eigenvalue weighted by Gasteiger charge is -2.11. The number of methoxy groups -OCH3 is 1. The molecule has 0 amide bonds. The normalized spacial score (nSPS) is 14.2. The zero-order valence-corrected chi connectivity index (χ0v) is 14.3. The third kappa shape index (κ3) is 3.06. The second kappa shape index (κ2) is 6.64. The molecule has 0 spiro atoms. The van der Waals surface area contributed by atoms with Crippen LogP contribution in [0.3, 0.4) is 0 Å². The number of aliphatic hydroxyl groups excluding tert-OH is 1. The number of ether oxygens (including phenoxy) is 1. The summed E-state index contributed by atoms with van der Waals surface area (Å²) < 4.78 is 32.6. The Morgan fingerprint density at radius 3 is 2.56 bits per heavy atom. The summed E-state index contributed by atoms with van der Waals surface area (Å²) >= 11 is 0. The van der Waals surface area contributed by atoms with Crippen LogP contribution >= 0.6 is 0 Å². The molecule has 134 valence electrons. The van der Waals surface area contributed by atoms with Gasteiger partial charge in [0.1, 0.15) is 23.1 Å². The topological polar surface area (TPSA) is 54.7 Å². The van der Waals surface area contributed by atoms with E-state index in [1.807, 2.05) is 0 Å². The highest BCUT2D eigenvalue weighted by Crippen LogP contribution is 2.41. The van der Waals surface area contributed by atoms with E-state index in [9.17, 15) is 13.9 Å². The zero-order valence-electron chi connectivity index (χ0n) is 14.3. The van der Waals surface area contributed by atoms with Crippen LogP contribution in [0.4, 0.5) is 14.6 Å². The Bertz CT molecular complexity index is 1090. The first-order valence-electron chi connectivity index (χ1n) is 8.14. The second-order valence-corrected chi connectivity index (χ2v) is 5.97. The Morgan fingerprint density at radius 2 is 1.81 bits per heavy atom. The van der Waals surface area contributed by atoms with E-state index in [0.29, 0.717) is 39.4 Å². The van der Waals surface area contributed by atoms with Crippen molar-refractivity contribution in [3.8, 4) is 16.9 Å². The lowest BCUT2D eigenvalue weighted by molar-refractivity contribution is 0.414. The maximum Gasteiger partial charge on any atom is 0.160 e. The fourth-order valence-electron chi connectivity index (χ4n) is 3.06. The molecule has 0 saturated heterocycles. The summed E-state index contributed by atoms with van der Waals surface area (Å²) in [6.45, 7) is 0. The van der Waals surface area contributed by atoms with E-state index >= 15 is 0 Å². The van der Waals surface area contributed by atoms with Crippen LogP contribution in [0, 0.1) is 11.6 Å². The van der Waals surface area contributed by atoms with Crippen LogP contribution in [-0.4, -0.2) is 23.4 Å². The minimum atomic E-state index is -0.683. The maximum absolute atomic E-state index is 13.7. The van der Waals surface area contributed by atoms with Gasteiger partial charge in [-0.05, 0) is 41.5 Å². The van der Waals surface area contributed by atoms with Gasteiger partial charge in [0.15, 0.2) is 5.82 Å². The predicted molar refractivity (Wildman–Crippen MR) is 100 cm³/mol. The van der Waals surface area contributed by atoms with Crippen LogP contribution in [0.5, 0.6) is 5.75 Å². The van der Waals surface area contributed by atoms with Gasteiger partial charge in [-0.2, -0.15) is 0 Å². The highest BCUT2D eigenvalue weighted by molar-refractivity contribution is 6.24. The van der Waals surface area contributed by atoms with E-state index in [4.69, 9.17) is 4.74 Å². The lowest BCUT2D eigenvalue weighted by atomic mass is 9.95. The summed E-state index contributed by atoms with van der Waals surface area (Å²) in [7, 11) is 1.54. The number of fused-ring (bicyclic) bond motifs is 1. The third-order valence-corrected chi connectivity index (χ3v) is 4.29. The monoisotopic (exact) mass is 364 g/mol. The van der Waals surface area contributed by atoms with Gasteiger partial charge in [0.25, 0.3) is 0 Å². The Kier molecular flexibility index (Phi) is 4.16. The number of rotatable bonds is 3. The molecule has 1 aliphatic heterocycles. The molecule has 0 atom stereocenters. The van der Waals surface area contributed by atoms with E-state index in [2.05, 4.69) is 9.98 Å². The largest absolute Gasteiger partial charge is 0.507 e. The average Bonchev–Trinajstić information content (AvgIpc) is 3.11. The molecular formula is C21H14F2N2O2. The number of aliphatic imine (C=N–C) groups is 1. The summed E-state index contributed by atoms with van der Waals surface area (Å²) in [5.74, 6) is -0.424. The molecular weight excluding hydrogens is 350 g/mol. The van der Waals surface area contributed by atoms with Gasteiger partial charge >= 0.3 is 0 Å². The smallest absolute Gasteiger partial charge is 0.160 e. The van der Waals surface area contributed by atoms with E-state index in [0.717, 1.165) is 6.07 Å². The van der Waals surface area contributed by atoms with Crippen LogP contribution < -0.4 is 4.74 Å². The van der Waals surface area contributed by atoms with Gasteiger partial charge in [-0.15, -0.1) is 0 Å². The van der Waals surface area contributed by atoms with E-state index in [1.165, 1.54) is 31.7 Å². The number of halogens is 2. The van der Waals surface area contributed by atoms with Crippen molar-refractivity contribution in [2.24, 2.45) is 4.99 Å². The number of allylic oxidation sites excluding steroid dienone is 1. The highest BCUT2D eigenvalue weighted by Gasteiger charge is 2.23. The van der Waals surface area contributed by atoms with Crippen LogP contribution in [-0.2, 0) is 0 Å². The minimum absolute atomic E-state index is 0.0254. The van der Waals surface area contributed by atoms with Crippen molar-refractivity contribution < 1.29 is 18.6 Å². The van der Waals surface area contributed by atoms with Gasteiger partial charge in [0.05, 0.1) is 7.11 Å². The summed E-state index contributed by atoms with van der Waals surface area (Å²) in [6, 6.07) is 11.9. The van der Waals surface area contributed by atoms with Crippen LogP contribution in [0.25, 0.3) is 22.5 Å². The number of benzene rings is 2. The molecule has 1 N–H and O–H groups in total. The van der Waals surface area contributed by atoms with Crippen molar-refractivity contribution in [2.75, 3.05) is 7.11 Å². The number of nitrogens with zero attached hydrogens (tertiary/aromatic N) is 2. The molecule has 1 aliphatic rings. The van der Waals surface area contributed by atoms with Gasteiger partial charge in [-0.25, -0.2) is 18.8 Å². The minimum Gasteiger partial charge on any atom is -0.507 e. The first-order chi connectivity index (χ1) is 13.1. The van der Waals surface area contributed by atoms with E-state index < -0.39 is 11.6 Å². The Hall–Kier alpha value is -3.54. The fraction of sp³-hybridized carbons (Fsp3) is 0.0476. The number of pyridine rings is 1. The van der Waals surface area contributed by atoms with Crippen molar-refractivity contribution in [1.82, 2.24) is 4.98 Å². The molecule has 6 heteroatoms. The van der Waals surface area contributed by atoms with Crippen molar-refractivity contribution in [3.63, 3.8) is 0 Å². The molecule has 27 heavy (non-hydrogen) atoms. The molecule has 0 radical (unpaired) electrons. The van der Waals surface area contributed by atoms with Crippen LogP contribution in [0.1, 0.15) is 11.1 Å². The highest BCUT2D eigenvalue weighted by atomic mass is 19.1. The molecule has 3 aromatic rings. The Labute approximate surface area is 154 Å².